The maximum atomic E-state index is 4.49. The van der Waals surface area contributed by atoms with Gasteiger partial charge in [0.05, 0.1) is 5.69 Å². The van der Waals surface area contributed by atoms with Crippen molar-refractivity contribution >= 4 is 0 Å². The first-order valence-electron chi connectivity index (χ1n) is 7.95. The summed E-state index contributed by atoms with van der Waals surface area (Å²) in [4.78, 5) is 0. The molecule has 2 aliphatic rings. The van der Waals surface area contributed by atoms with Gasteiger partial charge in [-0.05, 0) is 50.6 Å². The predicted octanol–water partition coefficient (Wildman–Crippen LogP) is 2.83. The zero-order valence-electron chi connectivity index (χ0n) is 12.4. The highest BCUT2D eigenvalue weighted by atomic mass is 15.3. The second-order valence-corrected chi connectivity index (χ2v) is 6.59. The van der Waals surface area contributed by atoms with Crippen molar-refractivity contribution in [3.05, 3.63) is 17.5 Å². The van der Waals surface area contributed by atoms with E-state index in [0.29, 0.717) is 0 Å². The third-order valence-corrected chi connectivity index (χ3v) is 4.88. The highest BCUT2D eigenvalue weighted by Crippen LogP contribution is 2.33. The Bertz CT molecular complexity index is 414. The minimum atomic E-state index is 0.804. The summed E-state index contributed by atoms with van der Waals surface area (Å²) >= 11 is 0. The number of hydrogen-bond donors (Lipinski definition) is 1. The van der Waals surface area contributed by atoms with Crippen LogP contribution in [0.25, 0.3) is 0 Å². The van der Waals surface area contributed by atoms with Crippen molar-refractivity contribution in [2.45, 2.75) is 57.9 Å². The maximum Gasteiger partial charge on any atom is 0.0596 e. The number of rotatable bonds is 6. The highest BCUT2D eigenvalue weighted by molar-refractivity contribution is 5.10. The van der Waals surface area contributed by atoms with Gasteiger partial charge in [-0.3, -0.25) is 4.68 Å². The van der Waals surface area contributed by atoms with Gasteiger partial charge in [0.1, 0.15) is 0 Å². The van der Waals surface area contributed by atoms with Crippen LogP contribution in [-0.4, -0.2) is 22.4 Å². The summed E-state index contributed by atoms with van der Waals surface area (Å²) in [7, 11) is 2.09. The topological polar surface area (TPSA) is 29.9 Å². The Morgan fingerprint density at radius 2 is 2.05 bits per heavy atom. The van der Waals surface area contributed by atoms with Crippen molar-refractivity contribution in [2.24, 2.45) is 18.9 Å². The van der Waals surface area contributed by atoms with Gasteiger partial charge in [0.15, 0.2) is 0 Å². The van der Waals surface area contributed by atoms with Crippen LogP contribution < -0.4 is 5.32 Å². The minimum absolute atomic E-state index is 0.804. The molecule has 0 spiro atoms. The second kappa shape index (κ2) is 5.66. The van der Waals surface area contributed by atoms with Crippen molar-refractivity contribution in [3.63, 3.8) is 0 Å². The third-order valence-electron chi connectivity index (χ3n) is 4.88. The van der Waals surface area contributed by atoms with E-state index in [4.69, 9.17) is 0 Å². The Morgan fingerprint density at radius 3 is 2.63 bits per heavy atom. The largest absolute Gasteiger partial charge is 0.314 e. The molecule has 19 heavy (non-hydrogen) atoms. The van der Waals surface area contributed by atoms with E-state index >= 15 is 0 Å². The molecule has 0 aliphatic heterocycles. The molecular weight excluding hydrogens is 234 g/mol. The van der Waals surface area contributed by atoms with Crippen LogP contribution in [0, 0.1) is 18.8 Å². The van der Waals surface area contributed by atoms with E-state index in [9.17, 15) is 0 Å². The Morgan fingerprint density at radius 1 is 1.32 bits per heavy atom. The molecule has 3 nitrogen and oxygen atoms in total. The molecule has 0 saturated heterocycles. The first kappa shape index (κ1) is 13.2. The maximum absolute atomic E-state index is 4.49. The fourth-order valence-corrected chi connectivity index (χ4v) is 3.56. The van der Waals surface area contributed by atoms with Crippen LogP contribution in [0.2, 0.25) is 0 Å². The van der Waals surface area contributed by atoms with Crippen LogP contribution >= 0.6 is 0 Å². The molecule has 3 rings (SSSR count). The van der Waals surface area contributed by atoms with Crippen LogP contribution in [0.4, 0.5) is 0 Å². The van der Waals surface area contributed by atoms with Crippen molar-refractivity contribution in [2.75, 3.05) is 6.54 Å². The van der Waals surface area contributed by atoms with Gasteiger partial charge in [-0.25, -0.2) is 0 Å². The molecule has 2 aliphatic carbocycles. The van der Waals surface area contributed by atoms with E-state index in [0.717, 1.165) is 23.6 Å². The number of nitrogens with zero attached hydrogens (tertiary/aromatic N) is 2. The molecule has 1 heterocycles. The summed E-state index contributed by atoms with van der Waals surface area (Å²) in [6.07, 6.45) is 9.73. The monoisotopic (exact) mass is 261 g/mol. The molecule has 1 unspecified atom stereocenters. The highest BCUT2D eigenvalue weighted by Gasteiger charge is 2.28. The third kappa shape index (κ3) is 3.38. The van der Waals surface area contributed by atoms with Crippen molar-refractivity contribution in [1.82, 2.24) is 15.1 Å². The first-order valence-corrected chi connectivity index (χ1v) is 7.95. The zero-order valence-corrected chi connectivity index (χ0v) is 12.4. The van der Waals surface area contributed by atoms with Crippen LogP contribution in [0.1, 0.15) is 49.9 Å². The van der Waals surface area contributed by atoms with Gasteiger partial charge in [0.2, 0.25) is 0 Å². The fraction of sp³-hybridized carbons (Fsp3) is 0.812. The molecular formula is C16H27N3. The summed E-state index contributed by atoms with van der Waals surface area (Å²) in [5, 5.41) is 8.24. The molecule has 2 saturated carbocycles. The van der Waals surface area contributed by atoms with Crippen LogP contribution in [0.5, 0.6) is 0 Å². The van der Waals surface area contributed by atoms with E-state index < -0.39 is 0 Å². The molecule has 2 fully saturated rings. The molecule has 1 aromatic heterocycles. The van der Waals surface area contributed by atoms with Gasteiger partial charge in [0, 0.05) is 18.8 Å². The summed E-state index contributed by atoms with van der Waals surface area (Å²) < 4.78 is 2.08. The van der Waals surface area contributed by atoms with Gasteiger partial charge in [0.25, 0.3) is 0 Å². The van der Waals surface area contributed by atoms with Gasteiger partial charge < -0.3 is 5.32 Å². The van der Waals surface area contributed by atoms with E-state index in [1.807, 2.05) is 0 Å². The number of aryl methyl sites for hydroxylation is 2. The van der Waals surface area contributed by atoms with Crippen LogP contribution in [0.3, 0.4) is 0 Å². The Hall–Kier alpha value is -0.830. The molecule has 0 aromatic carbocycles. The quantitative estimate of drug-likeness (QED) is 0.853. The molecule has 1 N–H and O–H groups in total. The van der Waals surface area contributed by atoms with Crippen molar-refractivity contribution in [3.8, 4) is 0 Å². The molecule has 3 heteroatoms. The lowest BCUT2D eigenvalue weighted by molar-refractivity contribution is 0.315. The lowest BCUT2D eigenvalue weighted by Crippen LogP contribution is -2.30. The summed E-state index contributed by atoms with van der Waals surface area (Å²) in [6.45, 7) is 3.30. The van der Waals surface area contributed by atoms with Crippen molar-refractivity contribution < 1.29 is 0 Å². The van der Waals surface area contributed by atoms with Crippen molar-refractivity contribution in [1.29, 1.82) is 0 Å². The second-order valence-electron chi connectivity index (χ2n) is 6.59. The fourth-order valence-electron chi connectivity index (χ4n) is 3.56. The Balaban J connectivity index is 1.64. The molecule has 0 bridgehead atoms. The van der Waals surface area contributed by atoms with Gasteiger partial charge in [-0.2, -0.15) is 5.10 Å². The van der Waals surface area contributed by atoms with Gasteiger partial charge in [-0.15, -0.1) is 0 Å². The summed E-state index contributed by atoms with van der Waals surface area (Å²) in [5.74, 6) is 1.74. The smallest absolute Gasteiger partial charge is 0.0596 e. The standard InChI is InChI=1S/C16H27N3/c1-12-9-16(19(2)18-12)10-14(11-17-15-7-8-15)13-5-3-4-6-13/h9,13-15,17H,3-8,10-11H2,1-2H3. The van der Waals surface area contributed by atoms with Gasteiger partial charge >= 0.3 is 0 Å². The minimum Gasteiger partial charge on any atom is -0.314 e. The van der Waals surface area contributed by atoms with E-state index in [-0.39, 0.29) is 0 Å². The Kier molecular flexibility index (Phi) is 3.92. The number of nitrogens with one attached hydrogen (secondary N) is 1. The zero-order chi connectivity index (χ0) is 13.2. The van der Waals surface area contributed by atoms with Crippen LogP contribution in [-0.2, 0) is 13.5 Å². The molecule has 106 valence electrons. The summed E-state index contributed by atoms with van der Waals surface area (Å²) in [5.41, 5.74) is 2.56. The molecule has 0 amide bonds. The van der Waals surface area contributed by atoms with E-state index in [1.165, 1.54) is 57.2 Å². The SMILES string of the molecule is Cc1cc(CC(CNC2CC2)C2CCCC2)n(C)n1. The lowest BCUT2D eigenvalue weighted by Gasteiger charge is -2.24. The average Bonchev–Trinajstić information content (AvgIpc) is 2.93. The average molecular weight is 261 g/mol. The van der Waals surface area contributed by atoms with Gasteiger partial charge in [-0.1, -0.05) is 25.7 Å². The van der Waals surface area contributed by atoms with E-state index in [1.54, 1.807) is 0 Å². The normalized spacial score (nSPS) is 22.0. The summed E-state index contributed by atoms with van der Waals surface area (Å²) in [6, 6.07) is 3.09. The first-order chi connectivity index (χ1) is 9.22. The molecule has 1 aromatic rings. The van der Waals surface area contributed by atoms with E-state index in [2.05, 4.69) is 35.1 Å². The number of hydrogen-bond acceptors (Lipinski definition) is 2. The Labute approximate surface area is 116 Å². The van der Waals surface area contributed by atoms with Crippen LogP contribution in [0.15, 0.2) is 6.07 Å². The molecule has 1 atom stereocenters. The number of aromatic nitrogens is 2. The molecule has 0 radical (unpaired) electrons. The predicted molar refractivity (Wildman–Crippen MR) is 78.1 cm³/mol. The lowest BCUT2D eigenvalue weighted by atomic mass is 9.87.